The van der Waals surface area contributed by atoms with Crippen LogP contribution in [0.3, 0.4) is 0 Å². The van der Waals surface area contributed by atoms with E-state index in [2.05, 4.69) is 10.0 Å². The highest BCUT2D eigenvalue weighted by molar-refractivity contribution is 7.94. The lowest BCUT2D eigenvalue weighted by Crippen LogP contribution is -2.23. The van der Waals surface area contributed by atoms with E-state index < -0.39 is 33.6 Å². The van der Waals surface area contributed by atoms with Crippen LogP contribution in [0.1, 0.15) is 18.9 Å². The maximum Gasteiger partial charge on any atom is 0.419 e. The molecule has 4 rings (SSSR count). The van der Waals surface area contributed by atoms with Crippen LogP contribution in [0.4, 0.5) is 24.5 Å². The van der Waals surface area contributed by atoms with Crippen LogP contribution in [0.25, 0.3) is 11.1 Å². The van der Waals surface area contributed by atoms with Gasteiger partial charge in [-0.3, -0.25) is 9.52 Å². The van der Waals surface area contributed by atoms with E-state index in [1.165, 1.54) is 13.0 Å². The molecule has 1 aliphatic rings. The third kappa shape index (κ3) is 6.38. The van der Waals surface area contributed by atoms with E-state index in [-0.39, 0.29) is 20.1 Å². The molecule has 1 atom stereocenters. The fourth-order valence-electron chi connectivity index (χ4n) is 3.97. The number of benzene rings is 2. The van der Waals surface area contributed by atoms with Crippen molar-refractivity contribution in [3.05, 3.63) is 58.4 Å². The van der Waals surface area contributed by atoms with Crippen molar-refractivity contribution >= 4 is 50.2 Å². The number of nitrogens with zero attached hydrogens (tertiary/aromatic N) is 1. The van der Waals surface area contributed by atoms with Gasteiger partial charge in [0.15, 0.2) is 0 Å². The normalized spacial score (nSPS) is 16.5. The molecule has 0 bridgehead atoms. The molecule has 2 heterocycles. The van der Waals surface area contributed by atoms with Crippen LogP contribution in [0.5, 0.6) is 5.75 Å². The predicted octanol–water partition coefficient (Wildman–Crippen LogP) is 5.93. The van der Waals surface area contributed by atoms with E-state index in [9.17, 15) is 26.4 Å². The molecule has 0 aliphatic carbocycles. The summed E-state index contributed by atoms with van der Waals surface area (Å²) in [6.07, 6.45) is -4.56. The molecular weight excluding hydrogens is 551 g/mol. The number of sulfonamides is 1. The Kier molecular flexibility index (Phi) is 7.75. The Labute approximate surface area is 221 Å². The number of para-hydroxylation sites is 1. The van der Waals surface area contributed by atoms with Crippen molar-refractivity contribution in [2.75, 3.05) is 30.2 Å². The van der Waals surface area contributed by atoms with E-state index in [1.54, 1.807) is 24.3 Å². The highest BCUT2D eigenvalue weighted by Gasteiger charge is 2.36. The Balaban J connectivity index is 1.64. The standard InChI is InChI=1S/C24H23ClF3N3O4S2/c1-14(32)29-20-6-4-3-5-17(20)18-12-22(36-23(18)25)37(33,34)30-15-7-8-19(24(26,27)28)21(11-15)35-16-9-10-31(2)13-16/h3-8,11-12,16,30H,9-10,13H2,1-2H3,(H,29,32). The van der Waals surface area contributed by atoms with Crippen LogP contribution in [-0.2, 0) is 21.0 Å². The van der Waals surface area contributed by atoms with Gasteiger partial charge in [-0.1, -0.05) is 29.8 Å². The second-order valence-corrected chi connectivity index (χ2v) is 12.1. The first-order valence-electron chi connectivity index (χ1n) is 11.1. The van der Waals surface area contributed by atoms with Crippen molar-refractivity contribution in [3.63, 3.8) is 0 Å². The summed E-state index contributed by atoms with van der Waals surface area (Å²) < 4.78 is 75.0. The molecule has 2 N–H and O–H groups in total. The number of rotatable bonds is 7. The van der Waals surface area contributed by atoms with E-state index >= 15 is 0 Å². The molecule has 1 amide bonds. The van der Waals surface area contributed by atoms with Crippen LogP contribution in [-0.4, -0.2) is 45.5 Å². The fourth-order valence-corrected chi connectivity index (χ4v) is 6.77. The number of anilines is 2. The second kappa shape index (κ2) is 10.5. The quantitative estimate of drug-likeness (QED) is 0.366. The summed E-state index contributed by atoms with van der Waals surface area (Å²) in [4.78, 5) is 13.5. The van der Waals surface area contributed by atoms with Crippen molar-refractivity contribution in [3.8, 4) is 16.9 Å². The fraction of sp³-hybridized carbons (Fsp3) is 0.292. The molecule has 1 fully saturated rings. The molecule has 1 saturated heterocycles. The third-order valence-electron chi connectivity index (χ3n) is 5.64. The largest absolute Gasteiger partial charge is 0.488 e. The molecule has 13 heteroatoms. The summed E-state index contributed by atoms with van der Waals surface area (Å²) in [6.45, 7) is 2.49. The average Bonchev–Trinajstić information content (AvgIpc) is 3.38. The number of carbonyl (C=O) groups is 1. The number of hydrogen-bond acceptors (Lipinski definition) is 6. The molecular formula is C24H23ClF3N3O4S2. The number of alkyl halides is 3. The van der Waals surface area contributed by atoms with E-state index in [0.29, 0.717) is 36.3 Å². The van der Waals surface area contributed by atoms with Gasteiger partial charge in [0, 0.05) is 42.9 Å². The number of ether oxygens (including phenoxy) is 1. The van der Waals surface area contributed by atoms with Gasteiger partial charge in [-0.15, -0.1) is 11.3 Å². The van der Waals surface area contributed by atoms with Gasteiger partial charge in [-0.25, -0.2) is 8.42 Å². The lowest BCUT2D eigenvalue weighted by molar-refractivity contribution is -0.139. The Morgan fingerprint density at radius 2 is 1.89 bits per heavy atom. The highest BCUT2D eigenvalue weighted by Crippen LogP contribution is 2.42. The molecule has 198 valence electrons. The monoisotopic (exact) mass is 573 g/mol. The maximum atomic E-state index is 13.6. The summed E-state index contributed by atoms with van der Waals surface area (Å²) in [5.74, 6) is -0.750. The minimum Gasteiger partial charge on any atom is -0.488 e. The van der Waals surface area contributed by atoms with Gasteiger partial charge in [-0.2, -0.15) is 13.2 Å². The minimum atomic E-state index is -4.67. The lowest BCUT2D eigenvalue weighted by atomic mass is 10.1. The number of amides is 1. The summed E-state index contributed by atoms with van der Waals surface area (Å²) in [5.41, 5.74) is 0.291. The van der Waals surface area contributed by atoms with Gasteiger partial charge in [-0.05, 0) is 37.7 Å². The van der Waals surface area contributed by atoms with Gasteiger partial charge in [0.1, 0.15) is 20.4 Å². The number of likely N-dealkylation sites (tertiary alicyclic amines) is 1. The zero-order valence-electron chi connectivity index (χ0n) is 19.7. The van der Waals surface area contributed by atoms with Crippen molar-refractivity contribution in [2.45, 2.75) is 29.8 Å². The number of likely N-dealkylation sites (N-methyl/N-ethyl adjacent to an activating group) is 1. The van der Waals surface area contributed by atoms with Gasteiger partial charge in [0.25, 0.3) is 10.0 Å². The zero-order chi connectivity index (χ0) is 27.0. The number of thiophene rings is 1. The van der Waals surface area contributed by atoms with Crippen molar-refractivity contribution in [1.29, 1.82) is 0 Å². The van der Waals surface area contributed by atoms with Crippen LogP contribution in [0.2, 0.25) is 4.34 Å². The third-order valence-corrected chi connectivity index (χ3v) is 8.85. The smallest absolute Gasteiger partial charge is 0.419 e. The second-order valence-electron chi connectivity index (χ2n) is 8.58. The molecule has 0 saturated carbocycles. The molecule has 1 aliphatic heterocycles. The van der Waals surface area contributed by atoms with E-state index in [4.69, 9.17) is 16.3 Å². The Bertz CT molecular complexity index is 1430. The summed E-state index contributed by atoms with van der Waals surface area (Å²) in [5, 5.41) is 2.68. The first-order chi connectivity index (χ1) is 17.3. The topological polar surface area (TPSA) is 87.7 Å². The van der Waals surface area contributed by atoms with Gasteiger partial charge in [0.2, 0.25) is 5.91 Å². The Hall–Kier alpha value is -2.80. The molecule has 0 spiro atoms. The van der Waals surface area contributed by atoms with Crippen LogP contribution >= 0.6 is 22.9 Å². The summed E-state index contributed by atoms with van der Waals surface area (Å²) >= 11 is 7.15. The summed E-state index contributed by atoms with van der Waals surface area (Å²) in [6, 6.07) is 11.0. The lowest BCUT2D eigenvalue weighted by Gasteiger charge is -2.19. The predicted molar refractivity (Wildman–Crippen MR) is 138 cm³/mol. The molecule has 7 nitrogen and oxygen atoms in total. The Morgan fingerprint density at radius 3 is 2.54 bits per heavy atom. The number of hydrogen-bond donors (Lipinski definition) is 2. The number of halogens is 4. The molecule has 37 heavy (non-hydrogen) atoms. The zero-order valence-corrected chi connectivity index (χ0v) is 22.1. The highest BCUT2D eigenvalue weighted by atomic mass is 35.5. The molecule has 1 aromatic heterocycles. The number of nitrogens with one attached hydrogen (secondary N) is 2. The van der Waals surface area contributed by atoms with Crippen LogP contribution in [0, 0.1) is 0 Å². The van der Waals surface area contributed by atoms with E-state index in [0.717, 1.165) is 29.5 Å². The molecule has 3 aromatic rings. The molecule has 0 radical (unpaired) electrons. The van der Waals surface area contributed by atoms with Crippen molar-refractivity contribution in [2.24, 2.45) is 0 Å². The first-order valence-corrected chi connectivity index (χ1v) is 13.8. The summed E-state index contributed by atoms with van der Waals surface area (Å²) in [7, 11) is -2.37. The SMILES string of the molecule is CC(=O)Nc1ccccc1-c1cc(S(=O)(=O)Nc2ccc(C(F)(F)F)c(OC3CCN(C)C3)c2)sc1Cl. The van der Waals surface area contributed by atoms with Crippen molar-refractivity contribution in [1.82, 2.24) is 4.90 Å². The van der Waals surface area contributed by atoms with Gasteiger partial charge >= 0.3 is 6.18 Å². The molecule has 2 aromatic carbocycles. The molecule has 1 unspecified atom stereocenters. The van der Waals surface area contributed by atoms with E-state index in [1.807, 2.05) is 11.9 Å². The van der Waals surface area contributed by atoms with Crippen LogP contribution < -0.4 is 14.8 Å². The average molecular weight is 574 g/mol. The first kappa shape index (κ1) is 27.2. The number of carbonyl (C=O) groups excluding carboxylic acids is 1. The van der Waals surface area contributed by atoms with Crippen molar-refractivity contribution < 1.29 is 31.1 Å². The van der Waals surface area contributed by atoms with Crippen LogP contribution in [0.15, 0.2) is 52.7 Å². The Morgan fingerprint density at radius 1 is 1.16 bits per heavy atom. The van der Waals surface area contributed by atoms with Gasteiger partial charge < -0.3 is 15.0 Å². The minimum absolute atomic E-state index is 0.0842. The maximum absolute atomic E-state index is 13.6. The van der Waals surface area contributed by atoms with Gasteiger partial charge in [0.05, 0.1) is 11.3 Å².